The van der Waals surface area contributed by atoms with E-state index < -0.39 is 0 Å². The van der Waals surface area contributed by atoms with Gasteiger partial charge in [-0.1, -0.05) is 54.6 Å². The minimum atomic E-state index is -0.316. The molecule has 36 heavy (non-hydrogen) atoms. The smallest absolute Gasteiger partial charge is 0.410 e. The van der Waals surface area contributed by atoms with Crippen molar-refractivity contribution in [1.29, 1.82) is 0 Å². The van der Waals surface area contributed by atoms with Gasteiger partial charge < -0.3 is 18.9 Å². The zero-order chi connectivity index (χ0) is 24.6. The Hall–Kier alpha value is -3.91. The quantitative estimate of drug-likeness (QED) is 0.533. The van der Waals surface area contributed by atoms with Gasteiger partial charge >= 0.3 is 12.1 Å². The molecule has 3 heterocycles. The molecule has 1 saturated heterocycles. The summed E-state index contributed by atoms with van der Waals surface area (Å²) >= 11 is 0. The van der Waals surface area contributed by atoms with Gasteiger partial charge in [0.25, 0.3) is 0 Å². The number of amides is 1. The van der Waals surface area contributed by atoms with E-state index in [1.165, 1.54) is 29.4 Å². The largest absolute Gasteiger partial charge is 0.480 e. The minimum absolute atomic E-state index is 0.0223. The van der Waals surface area contributed by atoms with Crippen molar-refractivity contribution in [2.24, 2.45) is 0 Å². The fourth-order valence-corrected chi connectivity index (χ4v) is 5.57. The summed E-state index contributed by atoms with van der Waals surface area (Å²) in [6, 6.07) is 16.5. The van der Waals surface area contributed by atoms with Crippen LogP contribution in [-0.2, 0) is 9.47 Å². The summed E-state index contributed by atoms with van der Waals surface area (Å²) in [5.41, 5.74) is 6.63. The van der Waals surface area contributed by atoms with Crippen molar-refractivity contribution in [2.75, 3.05) is 34.0 Å². The van der Waals surface area contributed by atoms with Gasteiger partial charge in [0, 0.05) is 12.1 Å². The molecule has 1 fully saturated rings. The summed E-state index contributed by atoms with van der Waals surface area (Å²) in [7, 11) is 3.09. The Bertz CT molecular complexity index is 1290. The second-order valence-corrected chi connectivity index (χ2v) is 9.15. The molecule has 8 nitrogen and oxygen atoms in total. The van der Waals surface area contributed by atoms with Crippen molar-refractivity contribution < 1.29 is 23.7 Å². The Morgan fingerprint density at radius 3 is 2.39 bits per heavy atom. The number of carbonyl (C=O) groups is 1. The van der Waals surface area contributed by atoms with E-state index in [-0.39, 0.29) is 30.1 Å². The molecule has 2 unspecified atom stereocenters. The summed E-state index contributed by atoms with van der Waals surface area (Å²) in [5, 5.41) is 0. The predicted octanol–water partition coefficient (Wildman–Crippen LogP) is 4.30. The number of methoxy groups -OCH3 is 2. The third kappa shape index (κ3) is 3.78. The molecule has 0 saturated carbocycles. The number of carbonyl (C=O) groups excluding carboxylic acids is 1. The van der Waals surface area contributed by atoms with Crippen molar-refractivity contribution in [3.8, 4) is 23.0 Å². The molecule has 2 bridgehead atoms. The monoisotopic (exact) mass is 485 g/mol. The van der Waals surface area contributed by atoms with Crippen molar-refractivity contribution >= 4 is 11.7 Å². The second kappa shape index (κ2) is 9.28. The molecule has 2 atom stereocenters. The van der Waals surface area contributed by atoms with Crippen LogP contribution in [0.5, 0.6) is 11.9 Å². The Morgan fingerprint density at radius 1 is 1.00 bits per heavy atom. The topological polar surface area (TPSA) is 83.0 Å². The molecule has 2 aromatic carbocycles. The van der Waals surface area contributed by atoms with Crippen LogP contribution in [0.3, 0.4) is 0 Å². The minimum Gasteiger partial charge on any atom is -0.480 e. The first-order chi connectivity index (χ1) is 17.7. The molecular formula is C28H27N3O5. The van der Waals surface area contributed by atoms with Crippen LogP contribution in [-0.4, -0.2) is 67.1 Å². The van der Waals surface area contributed by atoms with Gasteiger partial charge in [-0.3, -0.25) is 4.90 Å². The number of hydrogen-bond donors (Lipinski definition) is 0. The molecule has 3 aromatic rings. The molecule has 0 N–H and O–H groups in total. The van der Waals surface area contributed by atoms with Crippen LogP contribution in [0.25, 0.3) is 16.7 Å². The fourth-order valence-electron chi connectivity index (χ4n) is 5.57. The van der Waals surface area contributed by atoms with E-state index in [4.69, 9.17) is 18.9 Å². The Labute approximate surface area is 209 Å². The fraction of sp³-hybridized carbons (Fsp3) is 0.321. The lowest BCUT2D eigenvalue weighted by Crippen LogP contribution is -2.56. The van der Waals surface area contributed by atoms with Crippen molar-refractivity contribution in [1.82, 2.24) is 14.9 Å². The highest BCUT2D eigenvalue weighted by Crippen LogP contribution is 2.45. The van der Waals surface area contributed by atoms with Gasteiger partial charge in [0.1, 0.15) is 6.61 Å². The molecule has 6 rings (SSSR count). The molecule has 1 amide bonds. The number of nitrogens with zero attached hydrogens (tertiary/aromatic N) is 3. The molecule has 3 aliphatic rings. The van der Waals surface area contributed by atoms with Crippen LogP contribution in [0.4, 0.5) is 4.79 Å². The molecule has 0 spiro atoms. The standard InChI is InChI=1S/C28H27N3O5/c1-33-26-24(13-29-27(30-26)34-2)17-11-18-14-35-15-19(12-17)31(18)28(32)36-16-25-22-9-5-3-7-20(22)21-8-4-6-10-23(21)25/h3-11,13,18-19,25H,12,14-16H2,1-2H3. The van der Waals surface area contributed by atoms with Crippen molar-refractivity contribution in [3.05, 3.63) is 77.5 Å². The number of fused-ring (bicyclic) bond motifs is 5. The number of rotatable bonds is 5. The molecule has 8 heteroatoms. The maximum atomic E-state index is 13.4. The predicted molar refractivity (Wildman–Crippen MR) is 133 cm³/mol. The van der Waals surface area contributed by atoms with Gasteiger partial charge in [-0.25, -0.2) is 9.78 Å². The van der Waals surface area contributed by atoms with E-state index in [1.807, 2.05) is 35.2 Å². The second-order valence-electron chi connectivity index (χ2n) is 9.15. The van der Waals surface area contributed by atoms with E-state index in [1.54, 1.807) is 13.3 Å². The Morgan fingerprint density at radius 2 is 1.72 bits per heavy atom. The van der Waals surface area contributed by atoms with Gasteiger partial charge in [-0.2, -0.15) is 4.98 Å². The van der Waals surface area contributed by atoms with Gasteiger partial charge in [-0.15, -0.1) is 0 Å². The number of morpholine rings is 1. The van der Waals surface area contributed by atoms with Gasteiger partial charge in [-0.05, 0) is 34.2 Å². The van der Waals surface area contributed by atoms with Crippen molar-refractivity contribution in [2.45, 2.75) is 24.4 Å². The molecule has 1 aromatic heterocycles. The van der Waals surface area contributed by atoms with E-state index in [2.05, 4.69) is 34.2 Å². The van der Waals surface area contributed by atoms with Crippen molar-refractivity contribution in [3.63, 3.8) is 0 Å². The van der Waals surface area contributed by atoms with E-state index >= 15 is 0 Å². The van der Waals surface area contributed by atoms with E-state index in [9.17, 15) is 4.79 Å². The first-order valence-corrected chi connectivity index (χ1v) is 12.0. The normalized spacial score (nSPS) is 20.3. The maximum Gasteiger partial charge on any atom is 0.410 e. The summed E-state index contributed by atoms with van der Waals surface area (Å²) in [4.78, 5) is 23.8. The van der Waals surface area contributed by atoms with Crippen LogP contribution in [0.2, 0.25) is 0 Å². The third-order valence-electron chi connectivity index (χ3n) is 7.20. The zero-order valence-corrected chi connectivity index (χ0v) is 20.2. The van der Waals surface area contributed by atoms with Crippen LogP contribution < -0.4 is 9.47 Å². The van der Waals surface area contributed by atoms with Crippen LogP contribution >= 0.6 is 0 Å². The highest BCUT2D eigenvalue weighted by atomic mass is 16.6. The lowest BCUT2D eigenvalue weighted by molar-refractivity contribution is -0.0331. The lowest BCUT2D eigenvalue weighted by atomic mass is 9.91. The number of aromatic nitrogens is 2. The van der Waals surface area contributed by atoms with E-state index in [0.717, 1.165) is 11.1 Å². The van der Waals surface area contributed by atoms with Gasteiger partial charge in [0.05, 0.1) is 45.1 Å². The molecule has 1 aliphatic carbocycles. The Balaban J connectivity index is 1.22. The van der Waals surface area contributed by atoms with Crippen LogP contribution in [0.15, 0.2) is 60.8 Å². The molecule has 0 radical (unpaired) electrons. The highest BCUT2D eigenvalue weighted by Gasteiger charge is 2.40. The third-order valence-corrected chi connectivity index (χ3v) is 7.20. The molecule has 2 aliphatic heterocycles. The summed E-state index contributed by atoms with van der Waals surface area (Å²) in [6.07, 6.45) is 4.01. The van der Waals surface area contributed by atoms with Gasteiger partial charge in [0.2, 0.25) is 5.88 Å². The summed E-state index contributed by atoms with van der Waals surface area (Å²) in [5.74, 6) is 0.468. The Kier molecular flexibility index (Phi) is 5.81. The molecule has 184 valence electrons. The zero-order valence-electron chi connectivity index (χ0n) is 20.2. The lowest BCUT2D eigenvalue weighted by Gasteiger charge is -2.43. The average Bonchev–Trinajstić information content (AvgIpc) is 3.24. The molecular weight excluding hydrogens is 458 g/mol. The number of ether oxygens (including phenoxy) is 4. The maximum absolute atomic E-state index is 13.4. The average molecular weight is 486 g/mol. The first-order valence-electron chi connectivity index (χ1n) is 12.0. The summed E-state index contributed by atoms with van der Waals surface area (Å²) < 4.78 is 22.4. The van der Waals surface area contributed by atoms with Gasteiger partial charge in [0.15, 0.2) is 0 Å². The number of benzene rings is 2. The SMILES string of the molecule is COc1ncc(C2=CC3COCC(C2)N3C(=O)OCC2c3ccccc3-c3ccccc32)c(OC)n1. The van der Waals surface area contributed by atoms with E-state index in [0.29, 0.717) is 32.1 Å². The van der Waals surface area contributed by atoms with Crippen LogP contribution in [0, 0.1) is 0 Å². The summed E-state index contributed by atoms with van der Waals surface area (Å²) in [6.45, 7) is 1.14. The first kappa shape index (κ1) is 22.5. The highest BCUT2D eigenvalue weighted by molar-refractivity contribution is 5.79. The van der Waals surface area contributed by atoms with Crippen LogP contribution in [0.1, 0.15) is 29.0 Å². The number of hydrogen-bond acceptors (Lipinski definition) is 7.